The Balaban J connectivity index is 3.18. The lowest BCUT2D eigenvalue weighted by Gasteiger charge is -2.10. The molecular weight excluding hydrogens is 194 g/mol. The Labute approximate surface area is 89.5 Å². The van der Waals surface area contributed by atoms with E-state index in [-0.39, 0.29) is 0 Å². The molecular formula is C10H17N3S. The molecule has 0 saturated heterocycles. The van der Waals surface area contributed by atoms with E-state index in [1.54, 1.807) is 11.8 Å². The Bertz CT molecular complexity index is 287. The average Bonchev–Trinajstić information content (AvgIpc) is 2.20. The summed E-state index contributed by atoms with van der Waals surface area (Å²) < 4.78 is 0. The molecule has 0 saturated carbocycles. The van der Waals surface area contributed by atoms with Gasteiger partial charge in [0.15, 0.2) is 0 Å². The smallest absolute Gasteiger partial charge is 0.221 e. The van der Waals surface area contributed by atoms with Crippen molar-refractivity contribution in [2.75, 3.05) is 12.0 Å². The fourth-order valence-electron chi connectivity index (χ4n) is 1.49. The van der Waals surface area contributed by atoms with Crippen LogP contribution in [0.1, 0.15) is 31.5 Å². The van der Waals surface area contributed by atoms with Crippen LogP contribution in [0, 0.1) is 0 Å². The molecule has 0 unspecified atom stereocenters. The Hall–Kier alpha value is -0.770. The summed E-state index contributed by atoms with van der Waals surface area (Å²) in [4.78, 5) is 8.52. The minimum atomic E-state index is 0.394. The highest BCUT2D eigenvalue weighted by Crippen LogP contribution is 2.23. The number of aryl methyl sites for hydroxylation is 1. The van der Waals surface area contributed by atoms with Gasteiger partial charge >= 0.3 is 0 Å². The van der Waals surface area contributed by atoms with Gasteiger partial charge in [0.25, 0.3) is 0 Å². The van der Waals surface area contributed by atoms with Crippen molar-refractivity contribution in [2.45, 2.75) is 38.1 Å². The molecule has 3 nitrogen and oxygen atoms in total. The van der Waals surface area contributed by atoms with E-state index in [2.05, 4.69) is 23.8 Å². The molecule has 2 N–H and O–H groups in total. The molecule has 0 aliphatic rings. The minimum Gasteiger partial charge on any atom is -0.368 e. The average molecular weight is 211 g/mol. The van der Waals surface area contributed by atoms with Crippen molar-refractivity contribution in [3.8, 4) is 0 Å². The maximum absolute atomic E-state index is 5.64. The van der Waals surface area contributed by atoms with Gasteiger partial charge in [-0.3, -0.25) is 0 Å². The van der Waals surface area contributed by atoms with E-state index in [9.17, 15) is 0 Å². The Kier molecular flexibility index (Phi) is 4.20. The van der Waals surface area contributed by atoms with Gasteiger partial charge in [-0.1, -0.05) is 20.3 Å². The molecule has 0 fully saturated rings. The summed E-state index contributed by atoms with van der Waals surface area (Å²) in [5, 5.41) is 1.04. The molecule has 0 radical (unpaired) electrons. The topological polar surface area (TPSA) is 51.8 Å². The lowest BCUT2D eigenvalue weighted by atomic mass is 10.1. The van der Waals surface area contributed by atoms with Crippen molar-refractivity contribution in [2.24, 2.45) is 0 Å². The molecule has 78 valence electrons. The van der Waals surface area contributed by atoms with Crippen molar-refractivity contribution in [1.29, 1.82) is 0 Å². The highest BCUT2D eigenvalue weighted by molar-refractivity contribution is 7.98. The van der Waals surface area contributed by atoms with Crippen LogP contribution in [-0.2, 0) is 12.8 Å². The third-order valence-electron chi connectivity index (χ3n) is 2.10. The first-order valence-electron chi connectivity index (χ1n) is 4.92. The van der Waals surface area contributed by atoms with Crippen LogP contribution in [0.15, 0.2) is 5.03 Å². The second-order valence-electron chi connectivity index (χ2n) is 3.12. The maximum atomic E-state index is 5.64. The molecule has 0 spiro atoms. The zero-order valence-electron chi connectivity index (χ0n) is 9.00. The van der Waals surface area contributed by atoms with Crippen molar-refractivity contribution >= 4 is 17.7 Å². The van der Waals surface area contributed by atoms with Crippen LogP contribution in [0.25, 0.3) is 0 Å². The number of anilines is 1. The largest absolute Gasteiger partial charge is 0.368 e. The van der Waals surface area contributed by atoms with Crippen molar-refractivity contribution in [3.63, 3.8) is 0 Å². The summed E-state index contributed by atoms with van der Waals surface area (Å²) in [6, 6.07) is 0. The summed E-state index contributed by atoms with van der Waals surface area (Å²) >= 11 is 1.65. The van der Waals surface area contributed by atoms with Crippen LogP contribution in [0.5, 0.6) is 0 Å². The van der Waals surface area contributed by atoms with Gasteiger partial charge in [0.2, 0.25) is 5.95 Å². The van der Waals surface area contributed by atoms with Crippen molar-refractivity contribution < 1.29 is 0 Å². The number of nitrogens with two attached hydrogens (primary N) is 1. The molecule has 1 aromatic heterocycles. The monoisotopic (exact) mass is 211 g/mol. The standard InChI is InChI=1S/C10H17N3S/c1-4-6-7-8(5-2)12-10(11)13-9(7)14-3/h4-6H2,1-3H3,(H2,11,12,13). The zero-order chi connectivity index (χ0) is 10.6. The normalized spacial score (nSPS) is 10.5. The Morgan fingerprint density at radius 1 is 1.29 bits per heavy atom. The molecule has 14 heavy (non-hydrogen) atoms. The zero-order valence-corrected chi connectivity index (χ0v) is 9.82. The van der Waals surface area contributed by atoms with Gasteiger partial charge in [-0.2, -0.15) is 0 Å². The van der Waals surface area contributed by atoms with Crippen LogP contribution >= 0.6 is 11.8 Å². The first-order valence-corrected chi connectivity index (χ1v) is 6.14. The minimum absolute atomic E-state index is 0.394. The van der Waals surface area contributed by atoms with E-state index in [4.69, 9.17) is 5.73 Å². The molecule has 0 amide bonds. The predicted octanol–water partition coefficient (Wildman–Crippen LogP) is 2.30. The molecule has 4 heteroatoms. The van der Waals surface area contributed by atoms with Gasteiger partial charge < -0.3 is 5.73 Å². The first kappa shape index (κ1) is 11.3. The summed E-state index contributed by atoms with van der Waals surface area (Å²) in [6.07, 6.45) is 5.11. The van der Waals surface area contributed by atoms with Gasteiger partial charge in [0.1, 0.15) is 5.03 Å². The summed E-state index contributed by atoms with van der Waals surface area (Å²) in [5.74, 6) is 0.394. The quantitative estimate of drug-likeness (QED) is 0.613. The third kappa shape index (κ3) is 2.38. The maximum Gasteiger partial charge on any atom is 0.221 e. The Morgan fingerprint density at radius 2 is 2.00 bits per heavy atom. The second kappa shape index (κ2) is 5.20. The second-order valence-corrected chi connectivity index (χ2v) is 3.91. The molecule has 0 aromatic carbocycles. The lowest BCUT2D eigenvalue weighted by Crippen LogP contribution is -2.06. The number of rotatable bonds is 4. The molecule has 0 aliphatic heterocycles. The fraction of sp³-hybridized carbons (Fsp3) is 0.600. The lowest BCUT2D eigenvalue weighted by molar-refractivity contribution is 0.821. The van der Waals surface area contributed by atoms with Gasteiger partial charge in [-0.15, -0.1) is 11.8 Å². The number of hydrogen-bond acceptors (Lipinski definition) is 4. The molecule has 1 rings (SSSR count). The van der Waals surface area contributed by atoms with Crippen LogP contribution in [0.3, 0.4) is 0 Å². The van der Waals surface area contributed by atoms with Gasteiger partial charge in [-0.05, 0) is 19.1 Å². The van der Waals surface area contributed by atoms with E-state index < -0.39 is 0 Å². The van der Waals surface area contributed by atoms with E-state index in [1.807, 2.05) is 6.26 Å². The van der Waals surface area contributed by atoms with E-state index in [0.29, 0.717) is 5.95 Å². The predicted molar refractivity (Wildman–Crippen MR) is 61.6 cm³/mol. The van der Waals surface area contributed by atoms with Crippen LogP contribution in [0.4, 0.5) is 5.95 Å². The van der Waals surface area contributed by atoms with Gasteiger partial charge in [0, 0.05) is 5.56 Å². The number of aromatic nitrogens is 2. The van der Waals surface area contributed by atoms with Crippen molar-refractivity contribution in [1.82, 2.24) is 9.97 Å². The number of thioether (sulfide) groups is 1. The number of nitrogen functional groups attached to an aromatic ring is 1. The Morgan fingerprint density at radius 3 is 2.50 bits per heavy atom. The fourth-order valence-corrected chi connectivity index (χ4v) is 2.14. The molecule has 0 aliphatic carbocycles. The highest BCUT2D eigenvalue weighted by Gasteiger charge is 2.10. The number of hydrogen-bond donors (Lipinski definition) is 1. The van der Waals surface area contributed by atoms with Gasteiger partial charge in [0.05, 0.1) is 5.69 Å². The van der Waals surface area contributed by atoms with Crippen LogP contribution < -0.4 is 5.73 Å². The summed E-state index contributed by atoms with van der Waals surface area (Å²) in [5.41, 5.74) is 8.02. The third-order valence-corrected chi connectivity index (χ3v) is 2.82. The molecule has 1 heterocycles. The molecule has 0 atom stereocenters. The highest BCUT2D eigenvalue weighted by atomic mass is 32.2. The van der Waals surface area contributed by atoms with E-state index in [1.165, 1.54) is 5.56 Å². The number of nitrogens with zero attached hydrogens (tertiary/aromatic N) is 2. The first-order chi connectivity index (χ1) is 6.72. The summed E-state index contributed by atoms with van der Waals surface area (Å²) in [7, 11) is 0. The SMILES string of the molecule is CCCc1c(CC)nc(N)nc1SC. The van der Waals surface area contributed by atoms with Crippen LogP contribution in [-0.4, -0.2) is 16.2 Å². The van der Waals surface area contributed by atoms with Gasteiger partial charge in [-0.25, -0.2) is 9.97 Å². The molecule has 0 bridgehead atoms. The van der Waals surface area contributed by atoms with E-state index >= 15 is 0 Å². The van der Waals surface area contributed by atoms with Crippen LogP contribution in [0.2, 0.25) is 0 Å². The summed E-state index contributed by atoms with van der Waals surface area (Å²) in [6.45, 7) is 4.27. The van der Waals surface area contributed by atoms with E-state index in [0.717, 1.165) is 30.0 Å². The van der Waals surface area contributed by atoms with Crippen molar-refractivity contribution in [3.05, 3.63) is 11.3 Å². The molecule has 1 aromatic rings.